The van der Waals surface area contributed by atoms with Gasteiger partial charge in [0.15, 0.2) is 0 Å². The van der Waals surface area contributed by atoms with Gasteiger partial charge in [0.25, 0.3) is 5.91 Å². The summed E-state index contributed by atoms with van der Waals surface area (Å²) in [6, 6.07) is 5.93. The Morgan fingerprint density at radius 2 is 2.11 bits per heavy atom. The maximum atomic E-state index is 13.0. The van der Waals surface area contributed by atoms with Crippen LogP contribution in [0.15, 0.2) is 36.8 Å². The van der Waals surface area contributed by atoms with Gasteiger partial charge in [-0.15, -0.1) is 11.3 Å². The largest absolute Gasteiger partial charge is 0.337 e. The zero-order chi connectivity index (χ0) is 19.5. The average molecular weight is 395 g/mol. The van der Waals surface area contributed by atoms with Crippen LogP contribution in [0.1, 0.15) is 44.8 Å². The molecule has 1 saturated heterocycles. The van der Waals surface area contributed by atoms with Crippen molar-refractivity contribution in [3.05, 3.63) is 58.1 Å². The molecule has 0 unspecified atom stereocenters. The van der Waals surface area contributed by atoms with Crippen molar-refractivity contribution in [3.8, 4) is 0 Å². The van der Waals surface area contributed by atoms with Gasteiger partial charge < -0.3 is 10.2 Å². The molecule has 28 heavy (non-hydrogen) atoms. The number of piperidine rings is 1. The first kappa shape index (κ1) is 18.5. The number of aryl methyl sites for hydroxylation is 2. The van der Waals surface area contributed by atoms with E-state index in [-0.39, 0.29) is 11.8 Å². The minimum absolute atomic E-state index is 0.0849. The van der Waals surface area contributed by atoms with Crippen LogP contribution in [0.4, 0.5) is 11.6 Å². The second kappa shape index (κ2) is 8.02. The third kappa shape index (κ3) is 4.01. The molecule has 0 spiro atoms. The highest BCUT2D eigenvalue weighted by Gasteiger charge is 2.28. The number of hydrogen-bond acceptors (Lipinski definition) is 7. The van der Waals surface area contributed by atoms with Crippen molar-refractivity contribution < 1.29 is 4.79 Å². The first-order chi connectivity index (χ1) is 13.6. The van der Waals surface area contributed by atoms with Crippen LogP contribution in [0.3, 0.4) is 0 Å². The number of anilines is 2. The van der Waals surface area contributed by atoms with Gasteiger partial charge in [-0.1, -0.05) is 6.07 Å². The van der Waals surface area contributed by atoms with Crippen LogP contribution in [-0.4, -0.2) is 43.8 Å². The van der Waals surface area contributed by atoms with Crippen LogP contribution >= 0.6 is 11.3 Å². The highest BCUT2D eigenvalue weighted by molar-refractivity contribution is 7.13. The van der Waals surface area contributed by atoms with Crippen molar-refractivity contribution in [2.24, 2.45) is 0 Å². The zero-order valence-electron chi connectivity index (χ0n) is 15.9. The summed E-state index contributed by atoms with van der Waals surface area (Å²) in [5.41, 5.74) is 1.81. The van der Waals surface area contributed by atoms with Gasteiger partial charge in [0.2, 0.25) is 0 Å². The van der Waals surface area contributed by atoms with Gasteiger partial charge in [0.05, 0.1) is 16.9 Å². The quantitative estimate of drug-likeness (QED) is 0.726. The molecule has 0 radical (unpaired) electrons. The minimum Gasteiger partial charge on any atom is -0.337 e. The molecule has 0 aromatic carbocycles. The van der Waals surface area contributed by atoms with Gasteiger partial charge in [-0.2, -0.15) is 0 Å². The second-order valence-electron chi connectivity index (χ2n) is 6.90. The van der Waals surface area contributed by atoms with Crippen molar-refractivity contribution in [2.45, 2.75) is 32.6 Å². The van der Waals surface area contributed by atoms with E-state index < -0.39 is 0 Å². The summed E-state index contributed by atoms with van der Waals surface area (Å²) in [6.07, 6.45) is 6.92. The lowest BCUT2D eigenvalue weighted by atomic mass is 9.94. The van der Waals surface area contributed by atoms with E-state index >= 15 is 0 Å². The molecule has 1 aliphatic rings. The predicted octanol–water partition coefficient (Wildman–Crippen LogP) is 3.71. The average Bonchev–Trinajstić information content (AvgIpc) is 3.06. The number of aromatic nitrogens is 4. The molecule has 1 aliphatic heterocycles. The topological polar surface area (TPSA) is 83.9 Å². The van der Waals surface area contributed by atoms with E-state index in [0.29, 0.717) is 12.4 Å². The number of nitrogens with one attached hydrogen (secondary N) is 1. The third-order valence-corrected chi connectivity index (χ3v) is 5.88. The number of hydrogen-bond donors (Lipinski definition) is 1. The summed E-state index contributed by atoms with van der Waals surface area (Å²) in [5.74, 6) is 1.69. The number of amides is 1. The predicted molar refractivity (Wildman–Crippen MR) is 109 cm³/mol. The fourth-order valence-corrected chi connectivity index (χ4v) is 4.41. The molecule has 3 aromatic heterocycles. The van der Waals surface area contributed by atoms with Crippen LogP contribution in [0.5, 0.6) is 0 Å². The van der Waals surface area contributed by atoms with E-state index in [9.17, 15) is 4.79 Å². The van der Waals surface area contributed by atoms with Crippen molar-refractivity contribution >= 4 is 28.9 Å². The van der Waals surface area contributed by atoms with Crippen LogP contribution in [0.25, 0.3) is 0 Å². The number of carbonyl (C=O) groups excluding carboxylic acids is 1. The first-order valence-corrected chi connectivity index (χ1v) is 10.1. The van der Waals surface area contributed by atoms with Crippen LogP contribution in [0.2, 0.25) is 0 Å². The molecule has 1 amide bonds. The molecule has 4 heterocycles. The first-order valence-electron chi connectivity index (χ1n) is 9.33. The van der Waals surface area contributed by atoms with E-state index in [4.69, 9.17) is 4.98 Å². The molecule has 0 aliphatic carbocycles. The number of thiazole rings is 1. The minimum atomic E-state index is 0.0849. The fraction of sp³-hybridized carbons (Fsp3) is 0.350. The van der Waals surface area contributed by atoms with E-state index in [1.54, 1.807) is 18.6 Å². The highest BCUT2D eigenvalue weighted by atomic mass is 32.1. The van der Waals surface area contributed by atoms with Crippen molar-refractivity contribution in [1.82, 2.24) is 24.8 Å². The molecule has 1 atom stereocenters. The Morgan fingerprint density at radius 3 is 2.86 bits per heavy atom. The zero-order valence-corrected chi connectivity index (χ0v) is 16.7. The summed E-state index contributed by atoms with van der Waals surface area (Å²) in [5, 5.41) is 4.11. The molecule has 144 valence electrons. The van der Waals surface area contributed by atoms with E-state index in [1.807, 2.05) is 36.9 Å². The van der Waals surface area contributed by atoms with Gasteiger partial charge in [-0.25, -0.2) is 15.0 Å². The lowest BCUT2D eigenvalue weighted by molar-refractivity contribution is 0.0710. The fourth-order valence-electron chi connectivity index (χ4n) is 3.52. The number of rotatable bonds is 4. The molecule has 3 aromatic rings. The summed E-state index contributed by atoms with van der Waals surface area (Å²) in [7, 11) is 0. The lowest BCUT2D eigenvalue weighted by Gasteiger charge is -2.32. The van der Waals surface area contributed by atoms with Crippen LogP contribution in [-0.2, 0) is 0 Å². The van der Waals surface area contributed by atoms with E-state index in [1.165, 1.54) is 11.3 Å². The Hall–Kier alpha value is -2.87. The van der Waals surface area contributed by atoms with Gasteiger partial charge in [0.1, 0.15) is 16.5 Å². The summed E-state index contributed by atoms with van der Waals surface area (Å²) in [6.45, 7) is 5.30. The Kier molecular flexibility index (Phi) is 5.29. The molecule has 8 heteroatoms. The standard InChI is InChI=1S/C20H22N6OS/c1-13-19(28-14(2)23-13)20(27)26-10-4-5-15(12-26)16-6-3-7-17(24-16)25-18-11-21-8-9-22-18/h3,6-9,11,15H,4-5,10,12H2,1-2H3,(H,22,24,25)/t15-/m1/s1. The molecule has 0 bridgehead atoms. The van der Waals surface area contributed by atoms with Crippen molar-refractivity contribution in [2.75, 3.05) is 18.4 Å². The summed E-state index contributed by atoms with van der Waals surface area (Å²) >= 11 is 1.48. The smallest absolute Gasteiger partial charge is 0.265 e. The van der Waals surface area contributed by atoms with Crippen LogP contribution in [0, 0.1) is 13.8 Å². The monoisotopic (exact) mass is 394 g/mol. The Balaban J connectivity index is 1.49. The summed E-state index contributed by atoms with van der Waals surface area (Å²) < 4.78 is 0. The molecule has 0 saturated carbocycles. The van der Waals surface area contributed by atoms with Gasteiger partial charge in [-0.3, -0.25) is 9.78 Å². The molecule has 7 nitrogen and oxygen atoms in total. The molecular formula is C20H22N6OS. The number of pyridine rings is 1. The lowest BCUT2D eigenvalue weighted by Crippen LogP contribution is -2.39. The molecule has 1 N–H and O–H groups in total. The maximum absolute atomic E-state index is 13.0. The van der Waals surface area contributed by atoms with Gasteiger partial charge in [0, 0.05) is 37.1 Å². The van der Waals surface area contributed by atoms with Crippen molar-refractivity contribution in [1.29, 1.82) is 0 Å². The second-order valence-corrected chi connectivity index (χ2v) is 8.10. The number of carbonyl (C=O) groups is 1. The Bertz CT molecular complexity index is 974. The van der Waals surface area contributed by atoms with Crippen molar-refractivity contribution in [3.63, 3.8) is 0 Å². The molecule has 4 rings (SSSR count). The maximum Gasteiger partial charge on any atom is 0.265 e. The SMILES string of the molecule is Cc1nc(C)c(C(=O)N2CCC[C@@H](c3cccc(Nc4cnccn4)n3)C2)s1. The van der Waals surface area contributed by atoms with Crippen LogP contribution < -0.4 is 5.32 Å². The summed E-state index contributed by atoms with van der Waals surface area (Å²) in [4.78, 5) is 33.1. The van der Waals surface area contributed by atoms with Gasteiger partial charge in [-0.05, 0) is 38.8 Å². The third-order valence-electron chi connectivity index (χ3n) is 4.81. The van der Waals surface area contributed by atoms with E-state index in [2.05, 4.69) is 20.3 Å². The Morgan fingerprint density at radius 1 is 1.21 bits per heavy atom. The number of likely N-dealkylation sites (tertiary alicyclic amines) is 1. The van der Waals surface area contributed by atoms with E-state index in [0.717, 1.165) is 46.5 Å². The highest BCUT2D eigenvalue weighted by Crippen LogP contribution is 2.29. The molecular weight excluding hydrogens is 372 g/mol. The van der Waals surface area contributed by atoms with Gasteiger partial charge >= 0.3 is 0 Å². The Labute approximate surface area is 167 Å². The normalized spacial score (nSPS) is 16.8. The number of nitrogens with zero attached hydrogens (tertiary/aromatic N) is 5. The molecule has 1 fully saturated rings.